The van der Waals surface area contributed by atoms with E-state index in [9.17, 15) is 15.0 Å². The van der Waals surface area contributed by atoms with Crippen molar-refractivity contribution >= 4 is 5.97 Å². The van der Waals surface area contributed by atoms with E-state index in [1.54, 1.807) is 6.92 Å². The summed E-state index contributed by atoms with van der Waals surface area (Å²) in [6, 6.07) is 0. The molecule has 3 unspecified atom stereocenters. The van der Waals surface area contributed by atoms with E-state index in [1.165, 1.54) is 5.57 Å². The van der Waals surface area contributed by atoms with Crippen LogP contribution >= 0.6 is 0 Å². The van der Waals surface area contributed by atoms with Crippen LogP contribution in [0.25, 0.3) is 0 Å². The summed E-state index contributed by atoms with van der Waals surface area (Å²) in [5.41, 5.74) is 1.06. The molecule has 1 aliphatic heterocycles. The second kappa shape index (κ2) is 6.32. The molecular weight excluding hydrogens is 332 g/mol. The van der Waals surface area contributed by atoms with E-state index in [4.69, 9.17) is 9.47 Å². The normalized spacial score (nSPS) is 50.3. The van der Waals surface area contributed by atoms with Crippen LogP contribution < -0.4 is 0 Å². The van der Waals surface area contributed by atoms with Crippen LogP contribution in [0.5, 0.6) is 0 Å². The van der Waals surface area contributed by atoms with Crippen LogP contribution in [0.15, 0.2) is 11.6 Å². The first-order valence-corrected chi connectivity index (χ1v) is 10.2. The fourth-order valence-electron chi connectivity index (χ4n) is 6.35. The highest BCUT2D eigenvalue weighted by molar-refractivity contribution is 5.69. The molecule has 4 rings (SSSR count). The van der Waals surface area contributed by atoms with E-state index in [0.717, 1.165) is 25.7 Å². The molecule has 0 aromatic rings. The molecule has 0 amide bonds. The number of aliphatic hydroxyl groups excluding tert-OH is 2. The molecule has 2 N–H and O–H groups in total. The third kappa shape index (κ3) is 2.58. The van der Waals surface area contributed by atoms with E-state index >= 15 is 0 Å². The highest BCUT2D eigenvalue weighted by Gasteiger charge is 2.62. The molecule has 1 saturated heterocycles. The van der Waals surface area contributed by atoms with Crippen LogP contribution in [0.4, 0.5) is 0 Å². The van der Waals surface area contributed by atoms with Gasteiger partial charge in [0.25, 0.3) is 0 Å². The number of carbonyl (C=O) groups excluding carboxylic acids is 1. The summed E-state index contributed by atoms with van der Waals surface area (Å²) in [6.07, 6.45) is 5.52. The predicted octanol–water partition coefficient (Wildman–Crippen LogP) is 2.80. The summed E-state index contributed by atoms with van der Waals surface area (Å²) in [5, 5.41) is 21.1. The minimum Gasteiger partial charge on any atom is -0.435 e. The Balaban J connectivity index is 1.64. The fraction of sp³-hybridized carbons (Fsp3) is 0.857. The highest BCUT2D eigenvalue weighted by Crippen LogP contribution is 2.63. The minimum absolute atomic E-state index is 0.0582. The molecular formula is C21H32O5. The van der Waals surface area contributed by atoms with Crippen LogP contribution in [0.1, 0.15) is 59.3 Å². The summed E-state index contributed by atoms with van der Waals surface area (Å²) >= 11 is 0. The van der Waals surface area contributed by atoms with E-state index in [1.807, 2.05) is 6.08 Å². The molecule has 3 aliphatic carbocycles. The van der Waals surface area contributed by atoms with Gasteiger partial charge in [-0.1, -0.05) is 32.4 Å². The number of hydrogen-bond acceptors (Lipinski definition) is 5. The number of fused-ring (bicyclic) bond motifs is 5. The second-order valence-corrected chi connectivity index (χ2v) is 9.34. The van der Waals surface area contributed by atoms with Crippen molar-refractivity contribution in [2.45, 2.75) is 77.8 Å². The SMILES string of the molecule is CCC(=O)O[C@H]1OCC2C3C(CC[C@@]21C)[C@@]1(C)CC[C@H](O)CC1=C[C@@H]3O. The molecule has 8 atom stereocenters. The van der Waals surface area contributed by atoms with Gasteiger partial charge in [0, 0.05) is 11.8 Å². The summed E-state index contributed by atoms with van der Waals surface area (Å²) in [6.45, 7) is 6.82. The lowest BCUT2D eigenvalue weighted by Gasteiger charge is -2.58. The van der Waals surface area contributed by atoms with Gasteiger partial charge in [-0.15, -0.1) is 0 Å². The fourth-order valence-corrected chi connectivity index (χ4v) is 6.35. The molecule has 26 heavy (non-hydrogen) atoms. The predicted molar refractivity (Wildman–Crippen MR) is 96.0 cm³/mol. The Morgan fingerprint density at radius 1 is 1.27 bits per heavy atom. The summed E-state index contributed by atoms with van der Waals surface area (Å²) in [5.74, 6) is 0.487. The van der Waals surface area contributed by atoms with Crippen molar-refractivity contribution in [2.24, 2.45) is 28.6 Å². The Labute approximate surface area is 155 Å². The van der Waals surface area contributed by atoms with Gasteiger partial charge in [0.05, 0.1) is 18.8 Å². The maximum Gasteiger partial charge on any atom is 0.307 e. The lowest BCUT2D eigenvalue weighted by Crippen LogP contribution is -2.56. The number of aliphatic hydroxyl groups is 2. The third-order valence-electron chi connectivity index (χ3n) is 8.03. The maximum absolute atomic E-state index is 11.8. The Morgan fingerprint density at radius 2 is 2.04 bits per heavy atom. The van der Waals surface area contributed by atoms with Gasteiger partial charge in [-0.05, 0) is 55.3 Å². The summed E-state index contributed by atoms with van der Waals surface area (Å²) in [4.78, 5) is 11.8. The van der Waals surface area contributed by atoms with E-state index in [2.05, 4.69) is 13.8 Å². The van der Waals surface area contributed by atoms with Crippen molar-refractivity contribution in [1.82, 2.24) is 0 Å². The zero-order valence-corrected chi connectivity index (χ0v) is 16.1. The highest BCUT2D eigenvalue weighted by atomic mass is 16.7. The lowest BCUT2D eigenvalue weighted by molar-refractivity contribution is -0.191. The van der Waals surface area contributed by atoms with Gasteiger partial charge >= 0.3 is 5.97 Å². The van der Waals surface area contributed by atoms with E-state index in [-0.39, 0.29) is 34.7 Å². The van der Waals surface area contributed by atoms with Crippen molar-refractivity contribution < 1.29 is 24.5 Å². The molecule has 5 heteroatoms. The van der Waals surface area contributed by atoms with Gasteiger partial charge in [0.15, 0.2) is 0 Å². The second-order valence-electron chi connectivity index (χ2n) is 9.34. The van der Waals surface area contributed by atoms with Crippen molar-refractivity contribution in [1.29, 1.82) is 0 Å². The Bertz CT molecular complexity index is 616. The molecule has 146 valence electrons. The largest absolute Gasteiger partial charge is 0.435 e. The smallest absolute Gasteiger partial charge is 0.307 e. The third-order valence-corrected chi connectivity index (χ3v) is 8.03. The first-order valence-electron chi connectivity index (χ1n) is 10.2. The van der Waals surface area contributed by atoms with Crippen LogP contribution in [0.3, 0.4) is 0 Å². The Hall–Kier alpha value is -0.910. The van der Waals surface area contributed by atoms with Crippen LogP contribution in [0.2, 0.25) is 0 Å². The molecule has 0 radical (unpaired) electrons. The van der Waals surface area contributed by atoms with Crippen LogP contribution in [-0.2, 0) is 14.3 Å². The molecule has 4 aliphatic rings. The van der Waals surface area contributed by atoms with Crippen LogP contribution in [-0.4, -0.2) is 41.3 Å². The first-order chi connectivity index (χ1) is 12.3. The van der Waals surface area contributed by atoms with Gasteiger partial charge in [0.2, 0.25) is 6.29 Å². The topological polar surface area (TPSA) is 76.0 Å². The number of rotatable bonds is 2. The number of esters is 1. The quantitative estimate of drug-likeness (QED) is 0.582. The van der Waals surface area contributed by atoms with Crippen molar-refractivity contribution in [3.8, 4) is 0 Å². The van der Waals surface area contributed by atoms with Crippen molar-refractivity contribution in [2.75, 3.05) is 6.61 Å². The number of ether oxygens (including phenoxy) is 2. The molecule has 3 fully saturated rings. The average molecular weight is 364 g/mol. The van der Waals surface area contributed by atoms with Crippen LogP contribution in [0, 0.1) is 28.6 Å². The molecule has 5 nitrogen and oxygen atoms in total. The van der Waals surface area contributed by atoms with Crippen molar-refractivity contribution in [3.63, 3.8) is 0 Å². The zero-order valence-electron chi connectivity index (χ0n) is 16.1. The van der Waals surface area contributed by atoms with E-state index < -0.39 is 12.4 Å². The molecule has 0 aromatic heterocycles. The Kier molecular flexibility index (Phi) is 4.48. The average Bonchev–Trinajstić information content (AvgIpc) is 2.93. The monoisotopic (exact) mass is 364 g/mol. The van der Waals surface area contributed by atoms with Gasteiger partial charge in [-0.25, -0.2) is 0 Å². The van der Waals surface area contributed by atoms with Gasteiger partial charge in [-0.2, -0.15) is 0 Å². The molecule has 0 bridgehead atoms. The minimum atomic E-state index is -0.512. The standard InChI is InChI=1S/C21H32O5/c1-4-17(24)26-19-21(3)8-6-14-18(15(21)11-25-19)16(23)10-12-9-13(22)5-7-20(12,14)2/h10,13-16,18-19,22-23H,4-9,11H2,1-3H3/t13-,14?,15?,16-,18?,19+,20-,21-/m0/s1. The number of hydrogen-bond donors (Lipinski definition) is 2. The maximum atomic E-state index is 11.8. The zero-order chi connectivity index (χ0) is 18.7. The molecule has 1 heterocycles. The van der Waals surface area contributed by atoms with Gasteiger partial charge in [0.1, 0.15) is 0 Å². The van der Waals surface area contributed by atoms with Gasteiger partial charge in [-0.3, -0.25) is 4.79 Å². The molecule has 0 aromatic carbocycles. The summed E-state index contributed by atoms with van der Waals surface area (Å²) < 4.78 is 11.5. The molecule has 0 spiro atoms. The Morgan fingerprint density at radius 3 is 2.77 bits per heavy atom. The van der Waals surface area contributed by atoms with Gasteiger partial charge < -0.3 is 19.7 Å². The van der Waals surface area contributed by atoms with E-state index in [0.29, 0.717) is 25.4 Å². The lowest BCUT2D eigenvalue weighted by atomic mass is 9.47. The number of carbonyl (C=O) groups is 1. The van der Waals surface area contributed by atoms with Crippen molar-refractivity contribution in [3.05, 3.63) is 11.6 Å². The summed E-state index contributed by atoms with van der Waals surface area (Å²) in [7, 11) is 0. The molecule has 2 saturated carbocycles. The first kappa shape index (κ1) is 18.5.